The third-order valence-corrected chi connectivity index (χ3v) is 10.4. The van der Waals surface area contributed by atoms with Crippen LogP contribution in [0.25, 0.3) is 16.6 Å². The number of sulfonamides is 1. The number of rotatable bonds is 5. The SMILES string of the molecule is CC1=C(c2cc3cnc(Nc4ccc(C5CCNCC5)cc4)nc3n(C3Cc4ccccc4S(=O)(=O)N3)c2=O)CCC1. The van der Waals surface area contributed by atoms with Crippen LogP contribution in [0.15, 0.2) is 76.1 Å². The van der Waals surface area contributed by atoms with Crippen LogP contribution in [-0.4, -0.2) is 36.0 Å². The van der Waals surface area contributed by atoms with Gasteiger partial charge in [0.2, 0.25) is 16.0 Å². The fourth-order valence-electron chi connectivity index (χ4n) is 6.64. The molecule has 2 aliphatic heterocycles. The van der Waals surface area contributed by atoms with Crippen LogP contribution in [0.3, 0.4) is 0 Å². The van der Waals surface area contributed by atoms with Gasteiger partial charge in [-0.1, -0.05) is 35.9 Å². The maximum absolute atomic E-state index is 14.2. The number of piperidine rings is 1. The molecule has 2 aromatic heterocycles. The van der Waals surface area contributed by atoms with Gasteiger partial charge in [-0.25, -0.2) is 13.4 Å². The molecule has 3 N–H and O–H groups in total. The number of allylic oxidation sites excluding steroid dienone is 2. The van der Waals surface area contributed by atoms with E-state index < -0.39 is 16.2 Å². The Balaban J connectivity index is 1.30. The van der Waals surface area contributed by atoms with Crippen molar-refractivity contribution < 1.29 is 8.42 Å². The van der Waals surface area contributed by atoms with E-state index in [0.29, 0.717) is 40.4 Å². The number of nitrogens with one attached hydrogen (secondary N) is 3. The summed E-state index contributed by atoms with van der Waals surface area (Å²) in [7, 11) is -3.82. The molecule has 0 spiro atoms. The van der Waals surface area contributed by atoms with Crippen molar-refractivity contribution in [1.82, 2.24) is 24.6 Å². The zero-order valence-corrected chi connectivity index (χ0v) is 24.4. The number of pyridine rings is 1. The molecule has 0 radical (unpaired) electrons. The van der Waals surface area contributed by atoms with Crippen LogP contribution in [-0.2, 0) is 16.4 Å². The van der Waals surface area contributed by atoms with Crippen LogP contribution in [0.4, 0.5) is 11.6 Å². The Morgan fingerprint density at radius 1 is 1.02 bits per heavy atom. The monoisotopic (exact) mass is 582 g/mol. The standard InChI is InChI=1S/C32H34N6O3S/c1-20-5-4-7-26(20)27-17-24-19-34-32(35-25-11-9-21(10-12-25)22-13-15-33-16-14-22)36-30(24)38(31(27)39)29-18-23-6-2-3-8-28(23)42(40,41)37-29/h2-3,6,8-12,17,19,22,29,33,37H,4-5,7,13-16,18H2,1H3,(H,34,35,36). The van der Waals surface area contributed by atoms with E-state index in [9.17, 15) is 13.2 Å². The van der Waals surface area contributed by atoms with Crippen molar-refractivity contribution in [3.05, 3.63) is 93.4 Å². The van der Waals surface area contributed by atoms with Crippen molar-refractivity contribution >= 4 is 38.3 Å². The largest absolute Gasteiger partial charge is 0.324 e. The highest BCUT2D eigenvalue weighted by atomic mass is 32.2. The van der Waals surface area contributed by atoms with Gasteiger partial charge in [0.1, 0.15) is 11.8 Å². The first-order chi connectivity index (χ1) is 20.4. The number of nitrogens with zero attached hydrogens (tertiary/aromatic N) is 3. The Hall–Kier alpha value is -3.86. The van der Waals surface area contributed by atoms with Crippen LogP contribution in [0.2, 0.25) is 0 Å². The van der Waals surface area contributed by atoms with E-state index >= 15 is 0 Å². The van der Waals surface area contributed by atoms with Gasteiger partial charge in [0.05, 0.1) is 4.90 Å². The predicted molar refractivity (Wildman–Crippen MR) is 164 cm³/mol. The molecule has 1 unspecified atom stereocenters. The minimum Gasteiger partial charge on any atom is -0.324 e. The molecule has 7 rings (SSSR count). The normalized spacial score (nSPS) is 20.5. The van der Waals surface area contributed by atoms with Gasteiger partial charge in [-0.3, -0.25) is 9.36 Å². The van der Waals surface area contributed by atoms with Crippen molar-refractivity contribution in [3.8, 4) is 0 Å². The zero-order chi connectivity index (χ0) is 28.8. The molecule has 0 bridgehead atoms. The number of benzene rings is 2. The smallest absolute Gasteiger partial charge is 0.261 e. The van der Waals surface area contributed by atoms with Gasteiger partial charge in [-0.2, -0.15) is 9.71 Å². The van der Waals surface area contributed by atoms with Crippen LogP contribution in [0.5, 0.6) is 0 Å². The first kappa shape index (κ1) is 27.0. The average molecular weight is 583 g/mol. The minimum absolute atomic E-state index is 0.244. The van der Waals surface area contributed by atoms with Crippen LogP contribution < -0.4 is 20.9 Å². The molecule has 1 saturated heterocycles. The summed E-state index contributed by atoms with van der Waals surface area (Å²) in [5.41, 5.74) is 5.79. The third kappa shape index (κ3) is 4.93. The first-order valence-corrected chi connectivity index (χ1v) is 16.1. The quantitative estimate of drug-likeness (QED) is 0.303. The molecule has 2 aromatic carbocycles. The van der Waals surface area contributed by atoms with E-state index in [1.165, 1.54) is 15.7 Å². The summed E-state index contributed by atoms with van der Waals surface area (Å²) in [5, 5.41) is 7.38. The van der Waals surface area contributed by atoms with E-state index in [0.717, 1.165) is 56.5 Å². The second kappa shape index (κ2) is 10.8. The average Bonchev–Trinajstić information content (AvgIpc) is 3.43. The molecule has 0 amide bonds. The van der Waals surface area contributed by atoms with E-state index in [-0.39, 0.29) is 10.5 Å². The summed E-state index contributed by atoms with van der Waals surface area (Å²) < 4.78 is 30.8. The fraction of sp³-hybridized carbons (Fsp3) is 0.344. The summed E-state index contributed by atoms with van der Waals surface area (Å²) >= 11 is 0. The molecule has 42 heavy (non-hydrogen) atoms. The molecular weight excluding hydrogens is 548 g/mol. The molecular formula is C32H34N6O3S. The highest BCUT2D eigenvalue weighted by Crippen LogP contribution is 2.34. The van der Waals surface area contributed by atoms with Gasteiger partial charge in [-0.05, 0) is 99.0 Å². The lowest BCUT2D eigenvalue weighted by molar-refractivity contribution is 0.441. The van der Waals surface area contributed by atoms with Crippen molar-refractivity contribution in [2.24, 2.45) is 0 Å². The van der Waals surface area contributed by atoms with Crippen molar-refractivity contribution in [2.45, 2.75) is 62.4 Å². The van der Waals surface area contributed by atoms with E-state index in [4.69, 9.17) is 4.98 Å². The number of aromatic nitrogens is 3. The summed E-state index contributed by atoms with van der Waals surface area (Å²) in [6.07, 6.45) is 6.25. The van der Waals surface area contributed by atoms with Crippen LogP contribution in [0.1, 0.15) is 67.8 Å². The molecule has 216 valence electrons. The Labute approximate surface area is 245 Å². The maximum Gasteiger partial charge on any atom is 0.261 e. The topological polar surface area (TPSA) is 118 Å². The van der Waals surface area contributed by atoms with Crippen molar-refractivity contribution in [3.63, 3.8) is 0 Å². The molecule has 4 heterocycles. The molecule has 0 saturated carbocycles. The van der Waals surface area contributed by atoms with Gasteiger partial charge in [0, 0.05) is 29.3 Å². The first-order valence-electron chi connectivity index (χ1n) is 14.7. The molecule has 1 fully saturated rings. The van der Waals surface area contributed by atoms with Crippen LogP contribution >= 0.6 is 0 Å². The highest BCUT2D eigenvalue weighted by Gasteiger charge is 2.33. The molecule has 1 aliphatic carbocycles. The van der Waals surface area contributed by atoms with E-state index in [1.54, 1.807) is 24.4 Å². The number of hydrogen-bond acceptors (Lipinski definition) is 7. The summed E-state index contributed by atoms with van der Waals surface area (Å²) in [6.45, 7) is 4.15. The van der Waals surface area contributed by atoms with Gasteiger partial charge >= 0.3 is 0 Å². The maximum atomic E-state index is 14.2. The highest BCUT2D eigenvalue weighted by molar-refractivity contribution is 7.89. The molecule has 10 heteroatoms. The van der Waals surface area contributed by atoms with Crippen LogP contribution in [0, 0.1) is 0 Å². The predicted octanol–water partition coefficient (Wildman–Crippen LogP) is 4.99. The minimum atomic E-state index is -3.82. The molecule has 4 aromatic rings. The lowest BCUT2D eigenvalue weighted by atomic mass is 9.90. The number of fused-ring (bicyclic) bond motifs is 2. The lowest BCUT2D eigenvalue weighted by Crippen LogP contribution is -2.43. The Morgan fingerprint density at radius 3 is 2.57 bits per heavy atom. The van der Waals surface area contributed by atoms with E-state index in [2.05, 4.69) is 39.4 Å². The van der Waals surface area contributed by atoms with E-state index in [1.807, 2.05) is 24.3 Å². The summed E-state index contributed by atoms with van der Waals surface area (Å²) in [6, 6.07) is 17.1. The summed E-state index contributed by atoms with van der Waals surface area (Å²) in [4.78, 5) is 23.8. The Kier molecular flexibility index (Phi) is 6.92. The van der Waals surface area contributed by atoms with Crippen molar-refractivity contribution in [2.75, 3.05) is 18.4 Å². The van der Waals surface area contributed by atoms with Gasteiger partial charge in [0.15, 0.2) is 0 Å². The lowest BCUT2D eigenvalue weighted by Gasteiger charge is -2.28. The molecule has 9 nitrogen and oxygen atoms in total. The van der Waals surface area contributed by atoms with Gasteiger partial charge < -0.3 is 10.6 Å². The number of anilines is 2. The summed E-state index contributed by atoms with van der Waals surface area (Å²) in [5.74, 6) is 0.900. The fourth-order valence-corrected chi connectivity index (χ4v) is 8.07. The molecule has 1 atom stereocenters. The zero-order valence-electron chi connectivity index (χ0n) is 23.6. The number of hydrogen-bond donors (Lipinski definition) is 3. The second-order valence-electron chi connectivity index (χ2n) is 11.5. The van der Waals surface area contributed by atoms with Crippen molar-refractivity contribution in [1.29, 1.82) is 0 Å². The van der Waals surface area contributed by atoms with Gasteiger partial charge in [-0.15, -0.1) is 0 Å². The van der Waals surface area contributed by atoms with Gasteiger partial charge in [0.25, 0.3) is 5.56 Å². The third-order valence-electron chi connectivity index (χ3n) is 8.85. The second-order valence-corrected chi connectivity index (χ2v) is 13.2. The molecule has 3 aliphatic rings. The Morgan fingerprint density at radius 2 is 1.81 bits per heavy atom. The Bertz CT molecular complexity index is 1880.